The van der Waals surface area contributed by atoms with Crippen molar-refractivity contribution in [2.75, 3.05) is 62.6 Å². The molecule has 2 saturated heterocycles. The highest BCUT2D eigenvalue weighted by atomic mass is 16.2. The Hall–Kier alpha value is -3.40. The predicted molar refractivity (Wildman–Crippen MR) is 144 cm³/mol. The maximum atomic E-state index is 13.3. The van der Waals surface area contributed by atoms with Crippen molar-refractivity contribution in [3.63, 3.8) is 0 Å². The third-order valence-electron chi connectivity index (χ3n) is 6.96. The molecule has 0 aliphatic carbocycles. The molecular weight excluding hydrogens is 470 g/mol. The molecule has 2 N–H and O–H groups in total. The van der Waals surface area contributed by atoms with Crippen molar-refractivity contribution >= 4 is 29.1 Å². The normalized spacial score (nSPS) is 16.9. The lowest BCUT2D eigenvalue weighted by molar-refractivity contribution is -0.114. The van der Waals surface area contributed by atoms with E-state index >= 15 is 0 Å². The quantitative estimate of drug-likeness (QED) is 0.654. The van der Waals surface area contributed by atoms with Gasteiger partial charge in [0.05, 0.1) is 17.1 Å². The Bertz CT molecular complexity index is 1150. The largest absolute Gasteiger partial charge is 0.366 e. The van der Waals surface area contributed by atoms with Gasteiger partial charge in [0.25, 0.3) is 11.8 Å². The predicted octanol–water partition coefficient (Wildman–Crippen LogP) is 2.07. The first-order chi connectivity index (χ1) is 17.5. The summed E-state index contributed by atoms with van der Waals surface area (Å²) in [6.07, 6.45) is 0.918. The van der Waals surface area contributed by atoms with E-state index in [1.165, 1.54) is 6.92 Å². The van der Waals surface area contributed by atoms with Crippen LogP contribution in [0.2, 0.25) is 0 Å². The van der Waals surface area contributed by atoms with E-state index in [-0.39, 0.29) is 23.1 Å². The van der Waals surface area contributed by atoms with Crippen LogP contribution in [0.3, 0.4) is 0 Å². The van der Waals surface area contributed by atoms with E-state index in [0.29, 0.717) is 56.2 Å². The third kappa shape index (κ3) is 6.12. The van der Waals surface area contributed by atoms with E-state index in [1.807, 2.05) is 35.0 Å². The van der Waals surface area contributed by atoms with Gasteiger partial charge >= 0.3 is 0 Å². The van der Waals surface area contributed by atoms with Crippen LogP contribution in [0, 0.1) is 0 Å². The smallest absolute Gasteiger partial charge is 0.272 e. The minimum atomic E-state index is -0.190. The molecule has 3 heterocycles. The minimum absolute atomic E-state index is 0.0249. The highest BCUT2D eigenvalue weighted by molar-refractivity contribution is 5.99. The molecule has 0 bridgehead atoms. The maximum absolute atomic E-state index is 13.3. The molecule has 2 aromatic rings. The van der Waals surface area contributed by atoms with Crippen LogP contribution in [0.1, 0.15) is 60.7 Å². The number of nitrogens with zero attached hydrogens (tertiary/aromatic N) is 5. The molecule has 1 aromatic heterocycles. The highest BCUT2D eigenvalue weighted by Gasteiger charge is 2.28. The van der Waals surface area contributed by atoms with Gasteiger partial charge in [0.15, 0.2) is 0 Å². The number of aromatic nitrogens is 2. The van der Waals surface area contributed by atoms with Crippen LogP contribution in [-0.2, 0) is 17.3 Å². The first-order valence-corrected chi connectivity index (χ1v) is 13.0. The van der Waals surface area contributed by atoms with Crippen molar-refractivity contribution in [2.45, 2.75) is 39.5 Å². The molecule has 2 aliphatic rings. The van der Waals surface area contributed by atoms with Crippen LogP contribution in [0.25, 0.3) is 0 Å². The summed E-state index contributed by atoms with van der Waals surface area (Å²) in [5.41, 5.74) is 3.38. The zero-order valence-corrected chi connectivity index (χ0v) is 22.6. The molecule has 200 valence electrons. The van der Waals surface area contributed by atoms with Crippen molar-refractivity contribution in [2.24, 2.45) is 7.05 Å². The summed E-state index contributed by atoms with van der Waals surface area (Å²) in [6.45, 7) is 13.1. The van der Waals surface area contributed by atoms with Gasteiger partial charge in [-0.1, -0.05) is 20.8 Å². The first kappa shape index (κ1) is 26.7. The van der Waals surface area contributed by atoms with Gasteiger partial charge in [0, 0.05) is 70.8 Å². The molecule has 0 spiro atoms. The number of amides is 3. The number of nitrogens with one attached hydrogen (secondary N) is 2. The van der Waals surface area contributed by atoms with Gasteiger partial charge in [-0.3, -0.25) is 19.1 Å². The number of anilines is 2. The minimum Gasteiger partial charge on any atom is -0.366 e. The van der Waals surface area contributed by atoms with E-state index < -0.39 is 0 Å². The summed E-state index contributed by atoms with van der Waals surface area (Å²) >= 11 is 0. The Morgan fingerprint density at radius 3 is 2.27 bits per heavy atom. The number of carbonyl (C=O) groups excluding carboxylic acids is 3. The number of piperazine rings is 1. The number of hydrogen-bond donors (Lipinski definition) is 2. The molecule has 2 aliphatic heterocycles. The van der Waals surface area contributed by atoms with Gasteiger partial charge in [-0.25, -0.2) is 0 Å². The fourth-order valence-electron chi connectivity index (χ4n) is 4.81. The maximum Gasteiger partial charge on any atom is 0.272 e. The lowest BCUT2D eigenvalue weighted by Crippen LogP contribution is -2.49. The van der Waals surface area contributed by atoms with Crippen LogP contribution < -0.4 is 15.5 Å². The molecule has 10 nitrogen and oxygen atoms in total. The average Bonchev–Trinajstić information content (AvgIpc) is 3.07. The fourth-order valence-corrected chi connectivity index (χ4v) is 4.81. The third-order valence-corrected chi connectivity index (χ3v) is 6.96. The molecule has 4 rings (SSSR count). The summed E-state index contributed by atoms with van der Waals surface area (Å²) in [4.78, 5) is 44.2. The topological polar surface area (TPSA) is 103 Å². The summed E-state index contributed by atoms with van der Waals surface area (Å²) in [5.74, 6) is -0.243. The lowest BCUT2D eigenvalue weighted by Gasteiger charge is -2.37. The summed E-state index contributed by atoms with van der Waals surface area (Å²) in [6, 6.07) is 7.41. The van der Waals surface area contributed by atoms with Crippen LogP contribution >= 0.6 is 0 Å². The number of benzene rings is 1. The van der Waals surface area contributed by atoms with Gasteiger partial charge in [0.1, 0.15) is 5.69 Å². The van der Waals surface area contributed by atoms with Crippen LogP contribution in [0.15, 0.2) is 24.3 Å². The molecule has 1 aromatic carbocycles. The molecular formula is C27H39N7O3. The standard InChI is InChI=1S/C27H39N7O3/c1-19(35)29-21-17-20(25(36)33-11-6-9-28-10-12-33)7-8-22(21)32-13-15-34(16-14-32)26(37)23-18-24(27(2,3)4)30-31(23)5/h7-8,17-18,28H,6,9-16H2,1-5H3,(H,29,35). The average molecular weight is 510 g/mol. The second kappa shape index (κ2) is 10.9. The van der Waals surface area contributed by atoms with Crippen molar-refractivity contribution in [1.82, 2.24) is 24.9 Å². The molecule has 10 heteroatoms. The van der Waals surface area contributed by atoms with E-state index in [2.05, 4.69) is 41.4 Å². The summed E-state index contributed by atoms with van der Waals surface area (Å²) in [7, 11) is 1.81. The number of hydrogen-bond acceptors (Lipinski definition) is 6. The van der Waals surface area contributed by atoms with Crippen LogP contribution in [-0.4, -0.2) is 89.7 Å². The van der Waals surface area contributed by atoms with Gasteiger partial charge in [-0.15, -0.1) is 0 Å². The highest BCUT2D eigenvalue weighted by Crippen LogP contribution is 2.30. The number of carbonyl (C=O) groups is 3. The van der Waals surface area contributed by atoms with Crippen molar-refractivity contribution in [3.05, 3.63) is 41.2 Å². The Morgan fingerprint density at radius 2 is 1.62 bits per heavy atom. The van der Waals surface area contributed by atoms with Crippen LogP contribution in [0.5, 0.6) is 0 Å². The molecule has 2 fully saturated rings. The van der Waals surface area contributed by atoms with Gasteiger partial charge in [-0.05, 0) is 37.2 Å². The molecule has 0 atom stereocenters. The van der Waals surface area contributed by atoms with Gasteiger partial charge < -0.3 is 25.3 Å². The second-order valence-electron chi connectivity index (χ2n) is 10.9. The molecule has 0 saturated carbocycles. The summed E-state index contributed by atoms with van der Waals surface area (Å²) in [5, 5.41) is 10.8. The molecule has 3 amide bonds. The lowest BCUT2D eigenvalue weighted by atomic mass is 9.92. The number of rotatable bonds is 4. The van der Waals surface area contributed by atoms with Crippen LogP contribution in [0.4, 0.5) is 11.4 Å². The van der Waals surface area contributed by atoms with Gasteiger partial charge in [-0.2, -0.15) is 5.10 Å². The van der Waals surface area contributed by atoms with Crippen molar-refractivity contribution < 1.29 is 14.4 Å². The Labute approximate surface area is 219 Å². The van der Waals surface area contributed by atoms with Gasteiger partial charge in [0.2, 0.25) is 5.91 Å². The fraction of sp³-hybridized carbons (Fsp3) is 0.556. The van der Waals surface area contributed by atoms with Crippen molar-refractivity contribution in [3.8, 4) is 0 Å². The van der Waals surface area contributed by atoms with E-state index in [0.717, 1.165) is 30.9 Å². The Balaban J connectivity index is 1.48. The molecule has 0 radical (unpaired) electrons. The SMILES string of the molecule is CC(=O)Nc1cc(C(=O)N2CCCNCC2)ccc1N1CCN(C(=O)c2cc(C(C)(C)C)nn2C)CC1. The van der Waals surface area contributed by atoms with E-state index in [9.17, 15) is 14.4 Å². The van der Waals surface area contributed by atoms with E-state index in [1.54, 1.807) is 10.7 Å². The second-order valence-corrected chi connectivity index (χ2v) is 10.9. The monoisotopic (exact) mass is 509 g/mol. The zero-order chi connectivity index (χ0) is 26.7. The Kier molecular flexibility index (Phi) is 7.87. The summed E-state index contributed by atoms with van der Waals surface area (Å²) < 4.78 is 1.67. The van der Waals surface area contributed by atoms with E-state index in [4.69, 9.17) is 0 Å². The molecule has 0 unspecified atom stereocenters. The zero-order valence-electron chi connectivity index (χ0n) is 22.6. The molecule has 37 heavy (non-hydrogen) atoms. The first-order valence-electron chi connectivity index (χ1n) is 13.0. The Morgan fingerprint density at radius 1 is 0.919 bits per heavy atom. The number of aryl methyl sites for hydroxylation is 1. The van der Waals surface area contributed by atoms with Crippen molar-refractivity contribution in [1.29, 1.82) is 0 Å².